The third-order valence-corrected chi connectivity index (χ3v) is 1.18. The predicted octanol–water partition coefficient (Wildman–Crippen LogP) is 1.15. The molecule has 0 fully saturated rings. The predicted molar refractivity (Wildman–Crippen MR) is 48.1 cm³/mol. The van der Waals surface area contributed by atoms with Crippen LogP contribution in [0.25, 0.3) is 0 Å². The van der Waals surface area contributed by atoms with E-state index in [1.54, 1.807) is 12.2 Å². The summed E-state index contributed by atoms with van der Waals surface area (Å²) in [6, 6.07) is 0. The highest BCUT2D eigenvalue weighted by Gasteiger charge is 2.06. The molecule has 0 heterocycles. The highest BCUT2D eigenvalue weighted by atomic mass is 16.4. The van der Waals surface area contributed by atoms with Crippen LogP contribution in [-0.4, -0.2) is 17.2 Å². The van der Waals surface area contributed by atoms with Crippen LogP contribution < -0.4 is 0 Å². The van der Waals surface area contributed by atoms with Crippen molar-refractivity contribution < 1.29 is 10.0 Å². The summed E-state index contributed by atoms with van der Waals surface area (Å²) in [4.78, 5) is 0. The second kappa shape index (κ2) is 5.95. The summed E-state index contributed by atoms with van der Waals surface area (Å²) < 4.78 is 0. The van der Waals surface area contributed by atoms with Gasteiger partial charge < -0.3 is 10.0 Å². The van der Waals surface area contributed by atoms with Crippen molar-refractivity contribution in [2.75, 3.05) is 0 Å². The molecular weight excluding hydrogens is 139 g/mol. The Bertz CT molecular complexity index is 171. The van der Waals surface area contributed by atoms with Crippen molar-refractivity contribution in [3.8, 4) is 0 Å². The minimum atomic E-state index is -1.29. The van der Waals surface area contributed by atoms with E-state index < -0.39 is 7.12 Å². The van der Waals surface area contributed by atoms with Crippen molar-refractivity contribution in [2.24, 2.45) is 0 Å². The van der Waals surface area contributed by atoms with Gasteiger partial charge in [-0.15, -0.1) is 0 Å². The molecule has 0 saturated carbocycles. The van der Waals surface area contributed by atoms with E-state index in [0.717, 1.165) is 5.57 Å². The van der Waals surface area contributed by atoms with Gasteiger partial charge in [-0.3, -0.25) is 0 Å². The van der Waals surface area contributed by atoms with Gasteiger partial charge in [-0.1, -0.05) is 36.5 Å². The van der Waals surface area contributed by atoms with Crippen molar-refractivity contribution >= 4 is 7.12 Å². The van der Waals surface area contributed by atoms with Gasteiger partial charge in [0.15, 0.2) is 0 Å². The SMILES string of the molecule is C=C/C(=C\C=C/C)CB(O)O. The highest BCUT2D eigenvalue weighted by molar-refractivity contribution is 6.42. The molecule has 11 heavy (non-hydrogen) atoms. The van der Waals surface area contributed by atoms with Crippen molar-refractivity contribution in [1.29, 1.82) is 0 Å². The Morgan fingerprint density at radius 1 is 1.55 bits per heavy atom. The lowest BCUT2D eigenvalue weighted by Crippen LogP contribution is -2.10. The van der Waals surface area contributed by atoms with Gasteiger partial charge in [-0.25, -0.2) is 0 Å². The zero-order valence-electron chi connectivity index (χ0n) is 6.70. The van der Waals surface area contributed by atoms with Crippen LogP contribution in [0.1, 0.15) is 6.92 Å². The van der Waals surface area contributed by atoms with Crippen LogP contribution in [0.15, 0.2) is 36.5 Å². The van der Waals surface area contributed by atoms with E-state index in [2.05, 4.69) is 6.58 Å². The molecular formula is C8H13BO2. The lowest BCUT2D eigenvalue weighted by Gasteiger charge is -1.97. The zero-order valence-corrected chi connectivity index (χ0v) is 6.70. The van der Waals surface area contributed by atoms with Gasteiger partial charge in [0.2, 0.25) is 0 Å². The third kappa shape index (κ3) is 5.64. The molecule has 0 radical (unpaired) electrons. The topological polar surface area (TPSA) is 40.5 Å². The molecule has 0 rings (SSSR count). The smallest absolute Gasteiger partial charge is 0.427 e. The number of hydrogen-bond donors (Lipinski definition) is 2. The van der Waals surface area contributed by atoms with Crippen molar-refractivity contribution in [2.45, 2.75) is 13.2 Å². The highest BCUT2D eigenvalue weighted by Crippen LogP contribution is 2.04. The molecule has 60 valence electrons. The maximum absolute atomic E-state index is 8.60. The van der Waals surface area contributed by atoms with Gasteiger partial charge in [-0.2, -0.15) is 0 Å². The molecule has 0 aromatic carbocycles. The molecule has 0 amide bonds. The Morgan fingerprint density at radius 3 is 2.55 bits per heavy atom. The van der Waals surface area contributed by atoms with E-state index in [9.17, 15) is 0 Å². The standard InChI is InChI=1S/C8H13BO2/c1-3-5-6-8(4-2)7-9(10)11/h3-6,10-11H,2,7H2,1H3/b5-3-,8-6+. The maximum atomic E-state index is 8.60. The summed E-state index contributed by atoms with van der Waals surface area (Å²) in [5, 5.41) is 17.2. The Labute approximate surface area is 67.7 Å². The largest absolute Gasteiger partial charge is 0.456 e. The van der Waals surface area contributed by atoms with Gasteiger partial charge in [0.05, 0.1) is 0 Å². The fourth-order valence-electron chi connectivity index (χ4n) is 0.650. The van der Waals surface area contributed by atoms with E-state index in [0.29, 0.717) is 0 Å². The molecule has 0 saturated heterocycles. The van der Waals surface area contributed by atoms with Crippen molar-refractivity contribution in [1.82, 2.24) is 0 Å². The van der Waals surface area contributed by atoms with Crippen LogP contribution in [-0.2, 0) is 0 Å². The fourth-order valence-corrected chi connectivity index (χ4v) is 0.650. The van der Waals surface area contributed by atoms with Gasteiger partial charge in [0.1, 0.15) is 0 Å². The van der Waals surface area contributed by atoms with Crippen molar-refractivity contribution in [3.05, 3.63) is 36.5 Å². The number of hydrogen-bond acceptors (Lipinski definition) is 2. The lowest BCUT2D eigenvalue weighted by atomic mass is 9.81. The third-order valence-electron chi connectivity index (χ3n) is 1.18. The molecule has 0 unspecified atom stereocenters. The number of allylic oxidation sites excluding steroid dienone is 5. The van der Waals surface area contributed by atoms with E-state index in [1.165, 1.54) is 0 Å². The lowest BCUT2D eigenvalue weighted by molar-refractivity contribution is 0.410. The molecule has 3 heteroatoms. The van der Waals surface area contributed by atoms with Crippen LogP contribution in [0.2, 0.25) is 6.32 Å². The van der Waals surface area contributed by atoms with Gasteiger partial charge in [0.25, 0.3) is 0 Å². The molecule has 0 aliphatic carbocycles. The molecule has 0 spiro atoms. The van der Waals surface area contributed by atoms with Crippen LogP contribution >= 0.6 is 0 Å². The molecule has 0 aromatic rings. The second-order valence-electron chi connectivity index (χ2n) is 2.16. The fraction of sp³-hybridized carbons (Fsp3) is 0.250. The summed E-state index contributed by atoms with van der Waals surface area (Å²) in [7, 11) is -1.29. The Kier molecular flexibility index (Phi) is 5.52. The first-order chi connectivity index (χ1) is 5.20. The van der Waals surface area contributed by atoms with Crippen LogP contribution in [0.5, 0.6) is 0 Å². The summed E-state index contributed by atoms with van der Waals surface area (Å²) >= 11 is 0. The molecule has 0 bridgehead atoms. The first-order valence-electron chi connectivity index (χ1n) is 3.51. The molecule has 0 aliphatic rings. The summed E-state index contributed by atoms with van der Waals surface area (Å²) in [5.74, 6) is 0. The van der Waals surface area contributed by atoms with E-state index >= 15 is 0 Å². The quantitative estimate of drug-likeness (QED) is 0.468. The van der Waals surface area contributed by atoms with Crippen molar-refractivity contribution in [3.63, 3.8) is 0 Å². The minimum Gasteiger partial charge on any atom is -0.427 e. The average molecular weight is 152 g/mol. The van der Waals surface area contributed by atoms with Crippen LogP contribution in [0, 0.1) is 0 Å². The summed E-state index contributed by atoms with van der Waals surface area (Å²) in [6.45, 7) is 5.44. The first kappa shape index (κ1) is 10.2. The Balaban J connectivity index is 4.04. The molecule has 2 N–H and O–H groups in total. The van der Waals surface area contributed by atoms with E-state index in [-0.39, 0.29) is 6.32 Å². The molecule has 0 aliphatic heterocycles. The van der Waals surface area contributed by atoms with E-state index in [1.807, 2.05) is 19.1 Å². The Hall–Kier alpha value is -0.795. The zero-order chi connectivity index (χ0) is 8.69. The van der Waals surface area contributed by atoms with Crippen LogP contribution in [0.4, 0.5) is 0 Å². The minimum absolute atomic E-state index is 0.230. The van der Waals surface area contributed by atoms with Gasteiger partial charge >= 0.3 is 7.12 Å². The molecule has 0 aromatic heterocycles. The van der Waals surface area contributed by atoms with E-state index in [4.69, 9.17) is 10.0 Å². The monoisotopic (exact) mass is 152 g/mol. The molecule has 2 nitrogen and oxygen atoms in total. The summed E-state index contributed by atoms with van der Waals surface area (Å²) in [6.07, 6.45) is 7.34. The summed E-state index contributed by atoms with van der Waals surface area (Å²) in [5.41, 5.74) is 0.818. The number of rotatable bonds is 4. The van der Waals surface area contributed by atoms with Gasteiger partial charge in [0, 0.05) is 6.32 Å². The van der Waals surface area contributed by atoms with Gasteiger partial charge in [-0.05, 0) is 6.92 Å². The normalized spacial score (nSPS) is 12.1. The van der Waals surface area contributed by atoms with Crippen LogP contribution in [0.3, 0.4) is 0 Å². The maximum Gasteiger partial charge on any atom is 0.456 e. The average Bonchev–Trinajstić information content (AvgIpc) is 1.97. The molecule has 0 atom stereocenters. The Morgan fingerprint density at radius 2 is 2.18 bits per heavy atom. The first-order valence-corrected chi connectivity index (χ1v) is 3.51. The second-order valence-corrected chi connectivity index (χ2v) is 2.16.